The molecule has 2 heterocycles. The fraction of sp³-hybridized carbons (Fsp3) is 0.381. The molecule has 1 fully saturated rings. The SMILES string of the molecule is O=C1NCCCC1OCCC(O)Cn1c2ccccc2c2ccccc21. The molecule has 26 heavy (non-hydrogen) atoms. The number of rotatable bonds is 6. The molecule has 5 heteroatoms. The zero-order chi connectivity index (χ0) is 17.9. The zero-order valence-electron chi connectivity index (χ0n) is 14.7. The number of carbonyl (C=O) groups excluding carboxylic acids is 1. The highest BCUT2D eigenvalue weighted by molar-refractivity contribution is 6.07. The molecule has 2 atom stereocenters. The Morgan fingerprint density at radius 2 is 1.77 bits per heavy atom. The van der Waals surface area contributed by atoms with E-state index in [2.05, 4.69) is 34.1 Å². The molecule has 1 aliphatic rings. The third-order valence-corrected chi connectivity index (χ3v) is 5.08. The van der Waals surface area contributed by atoms with Gasteiger partial charge in [0, 0.05) is 34.9 Å². The summed E-state index contributed by atoms with van der Waals surface area (Å²) in [7, 11) is 0. The van der Waals surface area contributed by atoms with Crippen molar-refractivity contribution in [2.45, 2.75) is 38.0 Å². The summed E-state index contributed by atoms with van der Waals surface area (Å²) in [5.41, 5.74) is 2.25. The number of hydrogen-bond donors (Lipinski definition) is 2. The number of nitrogens with one attached hydrogen (secondary N) is 1. The number of ether oxygens (including phenoxy) is 1. The number of aromatic nitrogens is 1. The van der Waals surface area contributed by atoms with Gasteiger partial charge < -0.3 is 19.7 Å². The topological polar surface area (TPSA) is 63.5 Å². The van der Waals surface area contributed by atoms with E-state index in [1.807, 2.05) is 24.3 Å². The first-order valence-corrected chi connectivity index (χ1v) is 9.27. The number of aliphatic hydroxyl groups excluding tert-OH is 1. The van der Waals surface area contributed by atoms with Crippen molar-refractivity contribution in [3.63, 3.8) is 0 Å². The van der Waals surface area contributed by atoms with Gasteiger partial charge in [0.25, 0.3) is 0 Å². The van der Waals surface area contributed by atoms with Crippen LogP contribution in [-0.2, 0) is 16.1 Å². The average molecular weight is 352 g/mol. The fourth-order valence-electron chi connectivity index (χ4n) is 3.75. The minimum atomic E-state index is -0.527. The van der Waals surface area contributed by atoms with Gasteiger partial charge in [0.1, 0.15) is 6.10 Å². The lowest BCUT2D eigenvalue weighted by atomic mass is 10.1. The Morgan fingerprint density at radius 1 is 1.12 bits per heavy atom. The number of aliphatic hydroxyl groups is 1. The summed E-state index contributed by atoms with van der Waals surface area (Å²) in [5, 5.41) is 15.7. The van der Waals surface area contributed by atoms with E-state index in [-0.39, 0.29) is 12.0 Å². The third-order valence-electron chi connectivity index (χ3n) is 5.08. The first-order valence-electron chi connectivity index (χ1n) is 9.27. The Labute approximate surface area is 152 Å². The smallest absolute Gasteiger partial charge is 0.249 e. The molecule has 0 saturated carbocycles. The zero-order valence-corrected chi connectivity index (χ0v) is 14.7. The number of para-hydroxylation sites is 2. The highest BCUT2D eigenvalue weighted by Crippen LogP contribution is 2.29. The number of benzene rings is 2. The van der Waals surface area contributed by atoms with E-state index >= 15 is 0 Å². The van der Waals surface area contributed by atoms with Gasteiger partial charge in [-0.15, -0.1) is 0 Å². The predicted molar refractivity (Wildman–Crippen MR) is 102 cm³/mol. The molecule has 4 rings (SSSR count). The second-order valence-electron chi connectivity index (χ2n) is 6.88. The molecule has 2 unspecified atom stereocenters. The number of hydrogen-bond acceptors (Lipinski definition) is 3. The molecule has 1 amide bonds. The van der Waals surface area contributed by atoms with Crippen LogP contribution in [0.1, 0.15) is 19.3 Å². The van der Waals surface area contributed by atoms with Gasteiger partial charge in [-0.2, -0.15) is 0 Å². The molecule has 0 aliphatic carbocycles. The summed E-state index contributed by atoms with van der Waals surface area (Å²) in [5.74, 6) is -0.0341. The summed E-state index contributed by atoms with van der Waals surface area (Å²) in [4.78, 5) is 11.7. The minimum Gasteiger partial charge on any atom is -0.391 e. The fourth-order valence-corrected chi connectivity index (χ4v) is 3.75. The van der Waals surface area contributed by atoms with Gasteiger partial charge in [-0.1, -0.05) is 36.4 Å². The normalized spacial score (nSPS) is 19.0. The molecule has 0 radical (unpaired) electrons. The molecule has 1 aliphatic heterocycles. The van der Waals surface area contributed by atoms with Gasteiger partial charge in [-0.25, -0.2) is 0 Å². The van der Waals surface area contributed by atoms with Gasteiger partial charge >= 0.3 is 0 Å². The maximum Gasteiger partial charge on any atom is 0.249 e. The molecular weight excluding hydrogens is 328 g/mol. The van der Waals surface area contributed by atoms with Crippen molar-refractivity contribution in [1.82, 2.24) is 9.88 Å². The van der Waals surface area contributed by atoms with Crippen molar-refractivity contribution in [3.8, 4) is 0 Å². The van der Waals surface area contributed by atoms with Crippen LogP contribution in [-0.4, -0.2) is 40.9 Å². The largest absolute Gasteiger partial charge is 0.391 e. The molecule has 1 aromatic heterocycles. The van der Waals surface area contributed by atoms with Crippen LogP contribution in [0.15, 0.2) is 48.5 Å². The van der Waals surface area contributed by atoms with Crippen LogP contribution in [0, 0.1) is 0 Å². The van der Waals surface area contributed by atoms with Crippen LogP contribution in [0.3, 0.4) is 0 Å². The van der Waals surface area contributed by atoms with Crippen molar-refractivity contribution in [2.75, 3.05) is 13.2 Å². The summed E-state index contributed by atoms with van der Waals surface area (Å²) < 4.78 is 7.85. The molecule has 0 bridgehead atoms. The summed E-state index contributed by atoms with van der Waals surface area (Å²) in [6.07, 6.45) is 1.31. The van der Waals surface area contributed by atoms with Gasteiger partial charge in [-0.05, 0) is 31.4 Å². The lowest BCUT2D eigenvalue weighted by molar-refractivity contribution is -0.135. The summed E-state index contributed by atoms with van der Waals surface area (Å²) in [6, 6.07) is 16.5. The number of amides is 1. The monoisotopic (exact) mass is 352 g/mol. The standard InChI is InChI=1S/C21H24N2O3/c24-15(11-13-26-20-10-5-12-22-21(20)25)14-23-18-8-3-1-6-16(18)17-7-2-4-9-19(17)23/h1-4,6-9,15,20,24H,5,10-14H2,(H,22,25). The van der Waals surface area contributed by atoms with Crippen molar-refractivity contribution in [1.29, 1.82) is 0 Å². The van der Waals surface area contributed by atoms with E-state index in [1.165, 1.54) is 10.8 Å². The van der Waals surface area contributed by atoms with Crippen LogP contribution in [0.25, 0.3) is 21.8 Å². The van der Waals surface area contributed by atoms with Crippen LogP contribution in [0.5, 0.6) is 0 Å². The number of piperidine rings is 1. The van der Waals surface area contributed by atoms with E-state index in [4.69, 9.17) is 4.74 Å². The first kappa shape index (κ1) is 17.1. The lowest BCUT2D eigenvalue weighted by Gasteiger charge is -2.22. The number of fused-ring (bicyclic) bond motifs is 3. The predicted octanol–water partition coefficient (Wildman–Crippen LogP) is 2.84. The molecule has 1 saturated heterocycles. The van der Waals surface area contributed by atoms with Crippen LogP contribution in [0.2, 0.25) is 0 Å². The highest BCUT2D eigenvalue weighted by atomic mass is 16.5. The van der Waals surface area contributed by atoms with Gasteiger partial charge in [0.15, 0.2) is 0 Å². The van der Waals surface area contributed by atoms with Crippen LogP contribution < -0.4 is 5.32 Å². The van der Waals surface area contributed by atoms with E-state index in [1.54, 1.807) is 0 Å². The molecule has 2 aromatic carbocycles. The second kappa shape index (κ2) is 7.48. The third kappa shape index (κ3) is 3.32. The number of nitrogens with zero attached hydrogens (tertiary/aromatic N) is 1. The molecule has 0 spiro atoms. The Kier molecular flexibility index (Phi) is 4.91. The molecule has 136 valence electrons. The van der Waals surface area contributed by atoms with E-state index in [0.29, 0.717) is 19.6 Å². The number of carbonyl (C=O) groups is 1. The average Bonchev–Trinajstić information content (AvgIpc) is 2.98. The quantitative estimate of drug-likeness (QED) is 0.717. The Bertz CT molecular complexity index is 865. The van der Waals surface area contributed by atoms with Crippen molar-refractivity contribution in [3.05, 3.63) is 48.5 Å². The van der Waals surface area contributed by atoms with Crippen LogP contribution in [0.4, 0.5) is 0 Å². The van der Waals surface area contributed by atoms with Gasteiger partial charge in [-0.3, -0.25) is 4.79 Å². The maximum absolute atomic E-state index is 11.7. The molecule has 3 aromatic rings. The highest BCUT2D eigenvalue weighted by Gasteiger charge is 2.22. The minimum absolute atomic E-state index is 0.0341. The summed E-state index contributed by atoms with van der Waals surface area (Å²) >= 11 is 0. The van der Waals surface area contributed by atoms with Crippen LogP contribution >= 0.6 is 0 Å². The van der Waals surface area contributed by atoms with E-state index in [0.717, 1.165) is 30.4 Å². The van der Waals surface area contributed by atoms with Gasteiger partial charge in [0.05, 0.1) is 12.7 Å². The Balaban J connectivity index is 1.45. The summed E-state index contributed by atoms with van der Waals surface area (Å²) in [6.45, 7) is 1.62. The van der Waals surface area contributed by atoms with Crippen molar-refractivity contribution in [2.24, 2.45) is 0 Å². The Hall–Kier alpha value is -2.37. The van der Waals surface area contributed by atoms with E-state index < -0.39 is 6.10 Å². The van der Waals surface area contributed by atoms with Crippen molar-refractivity contribution < 1.29 is 14.6 Å². The second-order valence-corrected chi connectivity index (χ2v) is 6.88. The molecular formula is C21H24N2O3. The lowest BCUT2D eigenvalue weighted by Crippen LogP contribution is -2.42. The van der Waals surface area contributed by atoms with E-state index in [9.17, 15) is 9.90 Å². The first-order chi connectivity index (χ1) is 12.7. The Morgan fingerprint density at radius 3 is 2.42 bits per heavy atom. The van der Waals surface area contributed by atoms with Gasteiger partial charge in [0.2, 0.25) is 5.91 Å². The molecule has 2 N–H and O–H groups in total. The molecule has 5 nitrogen and oxygen atoms in total. The van der Waals surface area contributed by atoms with Crippen molar-refractivity contribution >= 4 is 27.7 Å². The maximum atomic E-state index is 11.7.